The Hall–Kier alpha value is -2.45. The van der Waals surface area contributed by atoms with Gasteiger partial charge in [0.05, 0.1) is 4.90 Å². The van der Waals surface area contributed by atoms with E-state index in [0.717, 1.165) is 9.87 Å². The zero-order valence-electron chi connectivity index (χ0n) is 13.6. The van der Waals surface area contributed by atoms with Gasteiger partial charge in [0.15, 0.2) is 0 Å². The fraction of sp³-hybridized carbons (Fsp3) is 0.250. The lowest BCUT2D eigenvalue weighted by Gasteiger charge is -2.15. The van der Waals surface area contributed by atoms with Crippen molar-refractivity contribution in [2.75, 3.05) is 14.1 Å². The minimum absolute atomic E-state index is 0.116. The molecule has 0 spiro atoms. The zero-order chi connectivity index (χ0) is 17.6. The van der Waals surface area contributed by atoms with Gasteiger partial charge in [-0.3, -0.25) is 4.98 Å². The number of pyridine rings is 1. The van der Waals surface area contributed by atoms with Crippen molar-refractivity contribution in [2.24, 2.45) is 0 Å². The molecule has 0 unspecified atom stereocenters. The number of carbonyl (C=O) groups is 1. The minimum atomic E-state index is -3.56. The van der Waals surface area contributed by atoms with Gasteiger partial charge in [0.25, 0.3) is 0 Å². The van der Waals surface area contributed by atoms with Crippen molar-refractivity contribution in [3.63, 3.8) is 0 Å². The average molecular weight is 348 g/mol. The number of benzene rings is 1. The first-order valence-corrected chi connectivity index (χ1v) is 8.76. The molecule has 0 aliphatic heterocycles. The molecule has 0 radical (unpaired) electrons. The van der Waals surface area contributed by atoms with Gasteiger partial charge in [-0.1, -0.05) is 18.2 Å². The highest BCUT2D eigenvalue weighted by Crippen LogP contribution is 2.18. The predicted molar refractivity (Wildman–Crippen MR) is 90.6 cm³/mol. The maximum absolute atomic E-state index is 12.3. The van der Waals surface area contributed by atoms with Crippen LogP contribution in [0, 0.1) is 0 Å². The molecule has 0 aliphatic carbocycles. The molecule has 1 heterocycles. The molecular weight excluding hydrogens is 328 g/mol. The Bertz CT molecular complexity index is 792. The number of urea groups is 1. The summed E-state index contributed by atoms with van der Waals surface area (Å²) in [5, 5.41) is 5.38. The summed E-state index contributed by atoms with van der Waals surface area (Å²) in [6, 6.07) is 9.84. The van der Waals surface area contributed by atoms with Crippen molar-refractivity contribution in [1.82, 2.24) is 19.9 Å². The van der Waals surface area contributed by atoms with Crippen LogP contribution in [-0.2, 0) is 23.1 Å². The second kappa shape index (κ2) is 7.89. The molecule has 2 N–H and O–H groups in total. The Kier molecular flexibility index (Phi) is 5.88. The van der Waals surface area contributed by atoms with Gasteiger partial charge in [-0.25, -0.2) is 17.5 Å². The van der Waals surface area contributed by atoms with E-state index in [2.05, 4.69) is 15.6 Å². The van der Waals surface area contributed by atoms with Crippen LogP contribution in [-0.4, -0.2) is 37.8 Å². The Balaban J connectivity index is 1.98. The van der Waals surface area contributed by atoms with Crippen LogP contribution in [0.4, 0.5) is 4.79 Å². The highest BCUT2D eigenvalue weighted by molar-refractivity contribution is 7.89. The Morgan fingerprint density at radius 1 is 1.04 bits per heavy atom. The van der Waals surface area contributed by atoms with E-state index in [0.29, 0.717) is 12.1 Å². The number of sulfonamides is 1. The van der Waals surface area contributed by atoms with E-state index < -0.39 is 10.0 Å². The van der Waals surface area contributed by atoms with Crippen LogP contribution < -0.4 is 10.6 Å². The minimum Gasteiger partial charge on any atom is -0.334 e. The van der Waals surface area contributed by atoms with Gasteiger partial charge >= 0.3 is 6.03 Å². The van der Waals surface area contributed by atoms with Crippen LogP contribution >= 0.6 is 0 Å². The smallest absolute Gasteiger partial charge is 0.315 e. The lowest BCUT2D eigenvalue weighted by atomic mass is 10.2. The van der Waals surface area contributed by atoms with Crippen LogP contribution in [0.1, 0.15) is 11.1 Å². The Morgan fingerprint density at radius 3 is 2.33 bits per heavy atom. The van der Waals surface area contributed by atoms with Crippen molar-refractivity contribution in [3.05, 3.63) is 59.9 Å². The third-order valence-corrected chi connectivity index (χ3v) is 5.29. The molecule has 24 heavy (non-hydrogen) atoms. The summed E-state index contributed by atoms with van der Waals surface area (Å²) < 4.78 is 25.7. The first kappa shape index (κ1) is 17.9. The van der Waals surface area contributed by atoms with E-state index in [4.69, 9.17) is 0 Å². The molecule has 0 saturated heterocycles. The SMILES string of the molecule is CN(C)S(=O)(=O)c1ccccc1CNC(=O)NCc1ccncc1. The van der Waals surface area contributed by atoms with E-state index in [1.807, 2.05) is 0 Å². The van der Waals surface area contributed by atoms with Gasteiger partial charge < -0.3 is 10.6 Å². The van der Waals surface area contributed by atoms with E-state index >= 15 is 0 Å². The fourth-order valence-electron chi connectivity index (χ4n) is 2.02. The molecule has 0 saturated carbocycles. The number of amides is 2. The van der Waals surface area contributed by atoms with Gasteiger partial charge in [0, 0.05) is 39.6 Å². The lowest BCUT2D eigenvalue weighted by molar-refractivity contribution is 0.240. The molecule has 8 heteroatoms. The van der Waals surface area contributed by atoms with Crippen molar-refractivity contribution >= 4 is 16.1 Å². The van der Waals surface area contributed by atoms with Crippen LogP contribution in [0.15, 0.2) is 53.7 Å². The Morgan fingerprint density at radius 2 is 1.67 bits per heavy atom. The summed E-state index contributed by atoms with van der Waals surface area (Å²) in [4.78, 5) is 16.0. The van der Waals surface area contributed by atoms with Crippen molar-refractivity contribution in [1.29, 1.82) is 0 Å². The van der Waals surface area contributed by atoms with E-state index in [1.165, 1.54) is 20.2 Å². The standard InChI is InChI=1S/C16H20N4O3S/c1-20(2)24(22,23)15-6-4-3-5-14(15)12-19-16(21)18-11-13-7-9-17-10-8-13/h3-10H,11-12H2,1-2H3,(H2,18,19,21). The highest BCUT2D eigenvalue weighted by Gasteiger charge is 2.20. The molecule has 2 rings (SSSR count). The molecule has 0 bridgehead atoms. The Labute approximate surface area is 141 Å². The lowest BCUT2D eigenvalue weighted by Crippen LogP contribution is -2.35. The fourth-order valence-corrected chi connectivity index (χ4v) is 3.13. The molecule has 7 nitrogen and oxygen atoms in total. The van der Waals surface area contributed by atoms with Gasteiger partial charge in [-0.15, -0.1) is 0 Å². The normalized spacial score (nSPS) is 11.3. The molecule has 1 aromatic carbocycles. The van der Waals surface area contributed by atoms with E-state index in [9.17, 15) is 13.2 Å². The van der Waals surface area contributed by atoms with E-state index in [-0.39, 0.29) is 17.5 Å². The van der Waals surface area contributed by atoms with Crippen molar-refractivity contribution < 1.29 is 13.2 Å². The number of aromatic nitrogens is 1. The first-order chi connectivity index (χ1) is 11.4. The van der Waals surface area contributed by atoms with Gasteiger partial charge in [-0.2, -0.15) is 0 Å². The number of hydrogen-bond donors (Lipinski definition) is 2. The monoisotopic (exact) mass is 348 g/mol. The predicted octanol–water partition coefficient (Wildman–Crippen LogP) is 1.33. The first-order valence-electron chi connectivity index (χ1n) is 7.32. The number of hydrogen-bond acceptors (Lipinski definition) is 4. The molecular formula is C16H20N4O3S. The number of carbonyl (C=O) groups excluding carboxylic acids is 1. The summed E-state index contributed by atoms with van der Waals surface area (Å²) in [5.74, 6) is 0. The quantitative estimate of drug-likeness (QED) is 0.824. The van der Waals surface area contributed by atoms with Crippen molar-refractivity contribution in [3.8, 4) is 0 Å². The molecule has 128 valence electrons. The summed E-state index contributed by atoms with van der Waals surface area (Å²) in [6.45, 7) is 0.484. The molecule has 2 amide bonds. The molecule has 0 atom stereocenters. The third kappa shape index (κ3) is 4.53. The maximum atomic E-state index is 12.3. The third-order valence-electron chi connectivity index (χ3n) is 3.37. The summed E-state index contributed by atoms with van der Waals surface area (Å²) in [6.07, 6.45) is 3.30. The average Bonchev–Trinajstić information content (AvgIpc) is 2.59. The summed E-state index contributed by atoms with van der Waals surface area (Å²) in [5.41, 5.74) is 1.46. The molecule has 0 aliphatic rings. The molecule has 1 aromatic heterocycles. The van der Waals surface area contributed by atoms with Crippen molar-refractivity contribution in [2.45, 2.75) is 18.0 Å². The van der Waals surface area contributed by atoms with Gasteiger partial charge in [-0.05, 0) is 29.3 Å². The largest absolute Gasteiger partial charge is 0.334 e. The van der Waals surface area contributed by atoms with Crippen LogP contribution in [0.5, 0.6) is 0 Å². The summed E-state index contributed by atoms with van der Waals surface area (Å²) >= 11 is 0. The zero-order valence-corrected chi connectivity index (χ0v) is 14.4. The highest BCUT2D eigenvalue weighted by atomic mass is 32.2. The maximum Gasteiger partial charge on any atom is 0.315 e. The summed E-state index contributed by atoms with van der Waals surface area (Å²) in [7, 11) is -0.610. The number of rotatable bonds is 6. The molecule has 2 aromatic rings. The second-order valence-electron chi connectivity index (χ2n) is 5.29. The number of nitrogens with one attached hydrogen (secondary N) is 2. The molecule has 0 fully saturated rings. The van der Waals surface area contributed by atoms with Crippen LogP contribution in [0.3, 0.4) is 0 Å². The van der Waals surface area contributed by atoms with Crippen LogP contribution in [0.2, 0.25) is 0 Å². The van der Waals surface area contributed by atoms with Crippen LogP contribution in [0.25, 0.3) is 0 Å². The second-order valence-corrected chi connectivity index (χ2v) is 7.41. The number of nitrogens with zero attached hydrogens (tertiary/aromatic N) is 2. The topological polar surface area (TPSA) is 91.4 Å². The van der Waals surface area contributed by atoms with E-state index in [1.54, 1.807) is 42.7 Å². The van der Waals surface area contributed by atoms with Gasteiger partial charge in [0.1, 0.15) is 0 Å². The van der Waals surface area contributed by atoms with Gasteiger partial charge in [0.2, 0.25) is 10.0 Å².